The van der Waals surface area contributed by atoms with Crippen LogP contribution in [-0.2, 0) is 13.0 Å². The molecule has 0 bridgehead atoms. The van der Waals surface area contributed by atoms with Crippen LogP contribution in [0.5, 0.6) is 5.75 Å². The molecule has 0 radical (unpaired) electrons. The van der Waals surface area contributed by atoms with Crippen LogP contribution in [0.3, 0.4) is 0 Å². The average Bonchev–Trinajstić information content (AvgIpc) is 2.84. The molecule has 0 saturated carbocycles. The summed E-state index contributed by atoms with van der Waals surface area (Å²) in [4.78, 5) is 0. The lowest BCUT2D eigenvalue weighted by atomic mass is 10.0. The van der Waals surface area contributed by atoms with Crippen LogP contribution < -0.4 is 16.0 Å². The zero-order chi connectivity index (χ0) is 15.4. The number of rotatable bonds is 6. The highest BCUT2D eigenvalue weighted by molar-refractivity contribution is 5.31. The quantitative estimate of drug-likeness (QED) is 0.632. The van der Waals surface area contributed by atoms with Crippen LogP contribution in [0, 0.1) is 12.7 Å². The molecule has 5 nitrogen and oxygen atoms in total. The van der Waals surface area contributed by atoms with Crippen molar-refractivity contribution in [3.8, 4) is 5.75 Å². The van der Waals surface area contributed by atoms with E-state index in [9.17, 15) is 4.39 Å². The molecule has 114 valence electrons. The van der Waals surface area contributed by atoms with Gasteiger partial charge in [0.05, 0.1) is 18.8 Å². The Labute approximate surface area is 123 Å². The van der Waals surface area contributed by atoms with E-state index in [-0.39, 0.29) is 11.8 Å². The van der Waals surface area contributed by atoms with Gasteiger partial charge in [-0.3, -0.25) is 16.0 Å². The Morgan fingerprint density at radius 3 is 2.76 bits per heavy atom. The highest BCUT2D eigenvalue weighted by Gasteiger charge is 2.16. The van der Waals surface area contributed by atoms with E-state index in [1.165, 1.54) is 13.2 Å². The first kappa shape index (κ1) is 15.5. The second-order valence-corrected chi connectivity index (χ2v) is 4.91. The Kier molecular flexibility index (Phi) is 4.93. The lowest BCUT2D eigenvalue weighted by molar-refractivity contribution is 0.385. The van der Waals surface area contributed by atoms with Crippen LogP contribution in [0.15, 0.2) is 24.3 Å². The molecule has 1 aromatic carbocycles. The van der Waals surface area contributed by atoms with Crippen LogP contribution in [-0.4, -0.2) is 16.9 Å². The van der Waals surface area contributed by atoms with Crippen LogP contribution in [0.4, 0.5) is 4.39 Å². The van der Waals surface area contributed by atoms with Crippen LogP contribution in [0.25, 0.3) is 0 Å². The van der Waals surface area contributed by atoms with Gasteiger partial charge in [0.2, 0.25) is 0 Å². The van der Waals surface area contributed by atoms with Crippen molar-refractivity contribution in [2.24, 2.45) is 5.84 Å². The Morgan fingerprint density at radius 1 is 1.43 bits per heavy atom. The average molecular weight is 292 g/mol. The summed E-state index contributed by atoms with van der Waals surface area (Å²) in [5.41, 5.74) is 5.54. The summed E-state index contributed by atoms with van der Waals surface area (Å²) in [6.07, 6.45) is 0.636. The molecule has 0 aliphatic rings. The summed E-state index contributed by atoms with van der Waals surface area (Å²) in [6.45, 7) is 4.78. The molecular formula is C15H21FN4O. The summed E-state index contributed by atoms with van der Waals surface area (Å²) in [7, 11) is 1.44. The number of aryl methyl sites for hydroxylation is 2. The molecule has 1 heterocycles. The van der Waals surface area contributed by atoms with Gasteiger partial charge < -0.3 is 4.74 Å². The fourth-order valence-corrected chi connectivity index (χ4v) is 2.42. The van der Waals surface area contributed by atoms with Gasteiger partial charge in [0, 0.05) is 18.7 Å². The van der Waals surface area contributed by atoms with Crippen molar-refractivity contribution in [3.63, 3.8) is 0 Å². The van der Waals surface area contributed by atoms with Gasteiger partial charge in [-0.15, -0.1) is 0 Å². The van der Waals surface area contributed by atoms with Gasteiger partial charge in [0.25, 0.3) is 0 Å². The van der Waals surface area contributed by atoms with Crippen molar-refractivity contribution in [3.05, 3.63) is 47.0 Å². The topological polar surface area (TPSA) is 65.1 Å². The summed E-state index contributed by atoms with van der Waals surface area (Å²) >= 11 is 0. The molecule has 1 atom stereocenters. The van der Waals surface area contributed by atoms with E-state index < -0.39 is 5.82 Å². The molecule has 0 amide bonds. The fraction of sp³-hybridized carbons (Fsp3) is 0.400. The maximum Gasteiger partial charge on any atom is 0.165 e. The van der Waals surface area contributed by atoms with Gasteiger partial charge in [-0.2, -0.15) is 5.10 Å². The molecule has 0 aliphatic carbocycles. The zero-order valence-electron chi connectivity index (χ0n) is 12.6. The summed E-state index contributed by atoms with van der Waals surface area (Å²) < 4.78 is 20.7. The molecule has 0 spiro atoms. The van der Waals surface area contributed by atoms with E-state index in [0.29, 0.717) is 6.42 Å². The first-order valence-electron chi connectivity index (χ1n) is 6.92. The molecule has 6 heteroatoms. The third-order valence-corrected chi connectivity index (χ3v) is 3.48. The van der Waals surface area contributed by atoms with Crippen molar-refractivity contribution < 1.29 is 9.13 Å². The van der Waals surface area contributed by atoms with Crippen molar-refractivity contribution in [1.82, 2.24) is 15.2 Å². The number of benzene rings is 1. The number of methoxy groups -OCH3 is 1. The summed E-state index contributed by atoms with van der Waals surface area (Å²) in [6, 6.07) is 6.70. The molecule has 1 unspecified atom stereocenters. The highest BCUT2D eigenvalue weighted by atomic mass is 19.1. The van der Waals surface area contributed by atoms with E-state index in [1.807, 2.05) is 30.7 Å². The third-order valence-electron chi connectivity index (χ3n) is 3.48. The number of hydrazine groups is 1. The minimum Gasteiger partial charge on any atom is -0.494 e. The third kappa shape index (κ3) is 3.40. The molecule has 21 heavy (non-hydrogen) atoms. The number of ether oxygens (including phenoxy) is 1. The Morgan fingerprint density at radius 2 is 2.19 bits per heavy atom. The maximum atomic E-state index is 13.8. The lowest BCUT2D eigenvalue weighted by Crippen LogP contribution is -2.30. The molecule has 1 aromatic heterocycles. The number of aromatic nitrogens is 2. The second-order valence-electron chi connectivity index (χ2n) is 4.91. The van der Waals surface area contributed by atoms with Crippen LogP contribution in [0.1, 0.15) is 29.9 Å². The number of nitrogens with zero attached hydrogens (tertiary/aromatic N) is 2. The van der Waals surface area contributed by atoms with E-state index in [4.69, 9.17) is 10.6 Å². The van der Waals surface area contributed by atoms with Gasteiger partial charge in [0.15, 0.2) is 11.6 Å². The number of halogens is 1. The Balaban J connectivity index is 2.25. The highest BCUT2D eigenvalue weighted by Crippen LogP contribution is 2.24. The first-order chi connectivity index (χ1) is 10.1. The van der Waals surface area contributed by atoms with Crippen LogP contribution in [0.2, 0.25) is 0 Å². The van der Waals surface area contributed by atoms with E-state index >= 15 is 0 Å². The van der Waals surface area contributed by atoms with Crippen molar-refractivity contribution in [1.29, 1.82) is 0 Å². The molecule has 0 aliphatic heterocycles. The number of nitrogens with one attached hydrogen (secondary N) is 1. The zero-order valence-corrected chi connectivity index (χ0v) is 12.6. The van der Waals surface area contributed by atoms with Gasteiger partial charge in [-0.1, -0.05) is 6.07 Å². The minimum atomic E-state index is -0.393. The fourth-order valence-electron chi connectivity index (χ4n) is 2.42. The standard InChI is InChI=1S/C15H21FN4O/c1-4-20-12(7-10(2)19-20)9-14(18-17)11-5-6-15(21-3)13(16)8-11/h5-8,14,18H,4,9,17H2,1-3H3. The van der Waals surface area contributed by atoms with E-state index in [0.717, 1.165) is 23.5 Å². The number of hydrogen-bond acceptors (Lipinski definition) is 4. The van der Waals surface area contributed by atoms with Gasteiger partial charge in [-0.25, -0.2) is 4.39 Å². The SMILES string of the molecule is CCn1nc(C)cc1CC(NN)c1ccc(OC)c(F)c1. The predicted molar refractivity (Wildman–Crippen MR) is 79.4 cm³/mol. The number of nitrogens with two attached hydrogens (primary N) is 1. The molecule has 3 N–H and O–H groups in total. The smallest absolute Gasteiger partial charge is 0.165 e. The predicted octanol–water partition coefficient (Wildman–Crippen LogP) is 2.11. The van der Waals surface area contributed by atoms with Gasteiger partial charge in [-0.05, 0) is 37.6 Å². The number of hydrogen-bond donors (Lipinski definition) is 2. The van der Waals surface area contributed by atoms with Gasteiger partial charge >= 0.3 is 0 Å². The summed E-state index contributed by atoms with van der Waals surface area (Å²) in [5.74, 6) is 5.47. The first-order valence-corrected chi connectivity index (χ1v) is 6.92. The molecular weight excluding hydrogens is 271 g/mol. The van der Waals surface area contributed by atoms with E-state index in [1.54, 1.807) is 6.07 Å². The maximum absolute atomic E-state index is 13.8. The lowest BCUT2D eigenvalue weighted by Gasteiger charge is -2.17. The van der Waals surface area contributed by atoms with Crippen LogP contribution >= 0.6 is 0 Å². The van der Waals surface area contributed by atoms with Crippen molar-refractivity contribution >= 4 is 0 Å². The second kappa shape index (κ2) is 6.69. The van der Waals surface area contributed by atoms with E-state index in [2.05, 4.69) is 10.5 Å². The molecule has 2 rings (SSSR count). The Bertz CT molecular complexity index is 612. The molecule has 2 aromatic rings. The van der Waals surface area contributed by atoms with Gasteiger partial charge in [0.1, 0.15) is 0 Å². The molecule has 0 fully saturated rings. The Hall–Kier alpha value is -1.92. The molecule has 0 saturated heterocycles. The van der Waals surface area contributed by atoms with Crippen molar-refractivity contribution in [2.45, 2.75) is 32.9 Å². The minimum absolute atomic E-state index is 0.188. The normalized spacial score (nSPS) is 12.4. The summed E-state index contributed by atoms with van der Waals surface area (Å²) in [5, 5.41) is 4.41. The largest absolute Gasteiger partial charge is 0.494 e. The van der Waals surface area contributed by atoms with Crippen molar-refractivity contribution in [2.75, 3.05) is 7.11 Å². The monoisotopic (exact) mass is 292 g/mol.